The maximum atomic E-state index is 13.4. The van der Waals surface area contributed by atoms with E-state index in [0.717, 1.165) is 5.82 Å². The summed E-state index contributed by atoms with van der Waals surface area (Å²) < 4.78 is 15.2. The van der Waals surface area contributed by atoms with E-state index < -0.39 is 6.10 Å². The first kappa shape index (κ1) is 13.1. The second-order valence-corrected chi connectivity index (χ2v) is 5.12. The molecule has 1 aromatic heterocycles. The van der Waals surface area contributed by atoms with Gasteiger partial charge in [0.1, 0.15) is 11.6 Å². The highest BCUT2D eigenvalue weighted by Crippen LogP contribution is 2.22. The van der Waals surface area contributed by atoms with Crippen LogP contribution in [-0.4, -0.2) is 26.5 Å². The molecular weight excluding hydrogens is 251 g/mol. The van der Waals surface area contributed by atoms with Crippen molar-refractivity contribution in [1.29, 1.82) is 0 Å². The van der Waals surface area contributed by atoms with E-state index in [0.29, 0.717) is 17.1 Å². The lowest BCUT2D eigenvalue weighted by Crippen LogP contribution is -2.16. The average molecular weight is 266 g/mol. The van der Waals surface area contributed by atoms with Crippen LogP contribution in [0.25, 0.3) is 0 Å². The number of rotatable bonds is 5. The number of benzene rings is 1. The molecule has 0 aliphatic rings. The number of halogens is 1. The van der Waals surface area contributed by atoms with Gasteiger partial charge < -0.3 is 9.67 Å². The molecule has 0 amide bonds. The van der Waals surface area contributed by atoms with E-state index in [1.54, 1.807) is 24.4 Å². The maximum Gasteiger partial charge on any atom is 0.136 e. The van der Waals surface area contributed by atoms with Crippen molar-refractivity contribution in [3.8, 4) is 0 Å². The molecule has 5 heteroatoms. The van der Waals surface area contributed by atoms with Crippen LogP contribution in [0.5, 0.6) is 0 Å². The van der Waals surface area contributed by atoms with Gasteiger partial charge in [0.2, 0.25) is 0 Å². The average Bonchev–Trinajstić information content (AvgIpc) is 2.74. The molecule has 1 atom stereocenters. The van der Waals surface area contributed by atoms with Gasteiger partial charge in [0.05, 0.1) is 6.10 Å². The van der Waals surface area contributed by atoms with E-state index in [1.165, 1.54) is 17.8 Å². The molecule has 0 radical (unpaired) electrons. The van der Waals surface area contributed by atoms with Crippen LogP contribution < -0.4 is 0 Å². The minimum Gasteiger partial charge on any atom is -0.392 e. The van der Waals surface area contributed by atoms with Crippen LogP contribution in [0.4, 0.5) is 4.39 Å². The van der Waals surface area contributed by atoms with Crippen LogP contribution in [0.1, 0.15) is 5.82 Å². The lowest BCUT2D eigenvalue weighted by molar-refractivity contribution is 0.196. The second kappa shape index (κ2) is 6.02. The number of imidazole rings is 1. The zero-order valence-corrected chi connectivity index (χ0v) is 10.9. The molecule has 0 fully saturated rings. The zero-order valence-electron chi connectivity index (χ0n) is 10.1. The summed E-state index contributed by atoms with van der Waals surface area (Å²) in [6.07, 6.45) is 3.49. The third kappa shape index (κ3) is 3.34. The van der Waals surface area contributed by atoms with E-state index in [4.69, 9.17) is 0 Å². The molecule has 96 valence electrons. The Morgan fingerprint density at radius 3 is 2.89 bits per heavy atom. The molecule has 0 saturated heterocycles. The number of aliphatic hydroxyl groups excluding tert-OH is 1. The smallest absolute Gasteiger partial charge is 0.136 e. The van der Waals surface area contributed by atoms with Gasteiger partial charge >= 0.3 is 0 Å². The number of hydrogen-bond donors (Lipinski definition) is 1. The van der Waals surface area contributed by atoms with Gasteiger partial charge in [-0.3, -0.25) is 0 Å². The van der Waals surface area contributed by atoms with Crippen molar-refractivity contribution in [1.82, 2.24) is 9.55 Å². The van der Waals surface area contributed by atoms with E-state index >= 15 is 0 Å². The molecule has 0 saturated carbocycles. The van der Waals surface area contributed by atoms with Crippen LogP contribution in [-0.2, 0) is 13.5 Å². The van der Waals surface area contributed by atoms with Gasteiger partial charge in [0, 0.05) is 36.5 Å². The molecule has 18 heavy (non-hydrogen) atoms. The van der Waals surface area contributed by atoms with E-state index in [-0.39, 0.29) is 5.82 Å². The number of aryl methyl sites for hydroxylation is 1. The molecule has 2 aromatic rings. The standard InChI is InChI=1S/C13H15FN2OS/c1-16-7-6-15-13(16)8-10(17)9-18-12-5-3-2-4-11(12)14/h2-7,10,17H,8-9H2,1H3. The molecule has 0 bridgehead atoms. The molecule has 0 aliphatic heterocycles. The van der Waals surface area contributed by atoms with Crippen LogP contribution in [0.3, 0.4) is 0 Å². The van der Waals surface area contributed by atoms with Crippen LogP contribution in [0, 0.1) is 5.82 Å². The largest absolute Gasteiger partial charge is 0.392 e. The predicted octanol–water partition coefficient (Wildman–Crippen LogP) is 2.25. The highest BCUT2D eigenvalue weighted by molar-refractivity contribution is 7.99. The highest BCUT2D eigenvalue weighted by Gasteiger charge is 2.11. The quantitative estimate of drug-likeness (QED) is 0.844. The first-order valence-corrected chi connectivity index (χ1v) is 6.67. The van der Waals surface area contributed by atoms with Gasteiger partial charge in [-0.25, -0.2) is 9.37 Å². The van der Waals surface area contributed by atoms with Gasteiger partial charge in [0.25, 0.3) is 0 Å². The minimum atomic E-state index is -0.532. The lowest BCUT2D eigenvalue weighted by Gasteiger charge is -2.10. The number of nitrogens with zero attached hydrogens (tertiary/aromatic N) is 2. The maximum absolute atomic E-state index is 13.4. The Morgan fingerprint density at radius 2 is 2.22 bits per heavy atom. The van der Waals surface area contributed by atoms with Crippen molar-refractivity contribution in [2.24, 2.45) is 7.05 Å². The normalized spacial score (nSPS) is 12.6. The Bertz CT molecular complexity index is 515. The van der Waals surface area contributed by atoms with E-state index in [1.807, 2.05) is 17.8 Å². The summed E-state index contributed by atoms with van der Waals surface area (Å²) >= 11 is 1.32. The first-order valence-electron chi connectivity index (χ1n) is 5.68. The van der Waals surface area contributed by atoms with Crippen LogP contribution in [0.15, 0.2) is 41.6 Å². The molecule has 0 spiro atoms. The molecule has 1 aromatic carbocycles. The van der Waals surface area contributed by atoms with Crippen molar-refractivity contribution >= 4 is 11.8 Å². The van der Waals surface area contributed by atoms with Gasteiger partial charge in [-0.15, -0.1) is 11.8 Å². The summed E-state index contributed by atoms with van der Waals surface area (Å²) in [5.41, 5.74) is 0. The first-order chi connectivity index (χ1) is 8.66. The fourth-order valence-corrected chi connectivity index (χ4v) is 2.48. The molecule has 1 heterocycles. The summed E-state index contributed by atoms with van der Waals surface area (Å²) in [6, 6.07) is 6.58. The van der Waals surface area contributed by atoms with Crippen LogP contribution >= 0.6 is 11.8 Å². The lowest BCUT2D eigenvalue weighted by atomic mass is 10.3. The molecule has 1 N–H and O–H groups in total. The highest BCUT2D eigenvalue weighted by atomic mass is 32.2. The Hall–Kier alpha value is -1.33. The van der Waals surface area contributed by atoms with Gasteiger partial charge in [-0.05, 0) is 12.1 Å². The third-order valence-electron chi connectivity index (χ3n) is 2.61. The molecule has 1 unspecified atom stereocenters. The Kier molecular flexibility index (Phi) is 4.38. The monoisotopic (exact) mass is 266 g/mol. The Labute approximate surface area is 110 Å². The molecule has 3 nitrogen and oxygen atoms in total. The molecular formula is C13H15FN2OS. The number of aromatic nitrogens is 2. The topological polar surface area (TPSA) is 38.0 Å². The summed E-state index contributed by atoms with van der Waals surface area (Å²) in [5.74, 6) is 1.04. The van der Waals surface area contributed by atoms with Crippen LogP contribution in [0.2, 0.25) is 0 Å². The third-order valence-corrected chi connectivity index (χ3v) is 3.80. The van der Waals surface area contributed by atoms with Crippen molar-refractivity contribution in [3.05, 3.63) is 48.3 Å². The molecule has 2 rings (SSSR count). The van der Waals surface area contributed by atoms with Crippen molar-refractivity contribution in [2.45, 2.75) is 17.4 Å². The van der Waals surface area contributed by atoms with Crippen molar-refractivity contribution in [3.63, 3.8) is 0 Å². The SMILES string of the molecule is Cn1ccnc1CC(O)CSc1ccccc1F. The minimum absolute atomic E-state index is 0.244. The number of hydrogen-bond acceptors (Lipinski definition) is 3. The summed E-state index contributed by atoms with van der Waals surface area (Å²) in [4.78, 5) is 4.71. The second-order valence-electron chi connectivity index (χ2n) is 4.05. The van der Waals surface area contributed by atoms with E-state index in [9.17, 15) is 9.50 Å². The Balaban J connectivity index is 1.87. The van der Waals surface area contributed by atoms with Crippen molar-refractivity contribution in [2.75, 3.05) is 5.75 Å². The summed E-state index contributed by atoms with van der Waals surface area (Å²) in [7, 11) is 1.89. The Morgan fingerprint density at radius 1 is 1.44 bits per heavy atom. The fraction of sp³-hybridized carbons (Fsp3) is 0.308. The fourth-order valence-electron chi connectivity index (χ4n) is 1.61. The summed E-state index contributed by atoms with van der Waals surface area (Å²) in [5, 5.41) is 9.90. The number of thioether (sulfide) groups is 1. The van der Waals surface area contributed by atoms with Gasteiger partial charge in [-0.2, -0.15) is 0 Å². The summed E-state index contributed by atoms with van der Waals surface area (Å²) in [6.45, 7) is 0. The van der Waals surface area contributed by atoms with Gasteiger partial charge in [-0.1, -0.05) is 12.1 Å². The zero-order chi connectivity index (χ0) is 13.0. The molecule has 0 aliphatic carbocycles. The van der Waals surface area contributed by atoms with Gasteiger partial charge in [0.15, 0.2) is 0 Å². The van der Waals surface area contributed by atoms with E-state index in [2.05, 4.69) is 4.98 Å². The van der Waals surface area contributed by atoms with Crippen molar-refractivity contribution < 1.29 is 9.50 Å². The predicted molar refractivity (Wildman–Crippen MR) is 70.0 cm³/mol. The number of aliphatic hydroxyl groups is 1.